The van der Waals surface area contributed by atoms with Crippen LogP contribution in [-0.4, -0.2) is 29.4 Å². The van der Waals surface area contributed by atoms with Gasteiger partial charge in [0.2, 0.25) is 5.88 Å². The second-order valence-corrected chi connectivity index (χ2v) is 2.58. The molecule has 0 aliphatic rings. The number of rotatable bonds is 4. The first kappa shape index (κ1) is 9.57. The first-order chi connectivity index (χ1) is 6.18. The summed E-state index contributed by atoms with van der Waals surface area (Å²) in [7, 11) is 0. The van der Waals surface area contributed by atoms with Crippen molar-refractivity contribution in [3.05, 3.63) is 11.8 Å². The number of esters is 1. The third-order valence-electron chi connectivity index (χ3n) is 1.32. The number of ether oxygens (including phenoxy) is 2. The van der Waals surface area contributed by atoms with Gasteiger partial charge in [-0.25, -0.2) is 0 Å². The van der Waals surface area contributed by atoms with Crippen molar-refractivity contribution >= 4 is 5.97 Å². The summed E-state index contributed by atoms with van der Waals surface area (Å²) in [5.41, 5.74) is 0.933. The highest BCUT2D eigenvalue weighted by Crippen LogP contribution is 2.05. The van der Waals surface area contributed by atoms with Gasteiger partial charge in [-0.15, -0.1) is 5.10 Å². The molecule has 1 rings (SSSR count). The lowest BCUT2D eigenvalue weighted by Crippen LogP contribution is -2.09. The molecule has 0 saturated carbocycles. The van der Waals surface area contributed by atoms with E-state index in [1.54, 1.807) is 6.07 Å². The van der Waals surface area contributed by atoms with Crippen LogP contribution < -0.4 is 4.74 Å². The molecule has 0 saturated heterocycles. The van der Waals surface area contributed by atoms with Gasteiger partial charge >= 0.3 is 5.97 Å². The van der Waals surface area contributed by atoms with E-state index in [1.807, 2.05) is 6.92 Å². The number of hydrogen-bond acceptors (Lipinski definition) is 4. The molecular weight excluding hydrogens is 172 g/mol. The number of carbonyl (C=O) groups excluding carboxylic acids is 1. The summed E-state index contributed by atoms with van der Waals surface area (Å²) in [5.74, 6) is 0.214. The second-order valence-electron chi connectivity index (χ2n) is 2.58. The summed E-state index contributed by atoms with van der Waals surface area (Å²) in [6.45, 7) is 3.82. The number of H-pyrrole nitrogens is 1. The highest BCUT2D eigenvalue weighted by Gasteiger charge is 1.98. The molecule has 0 fully saturated rings. The molecule has 0 spiro atoms. The van der Waals surface area contributed by atoms with E-state index in [1.165, 1.54) is 6.92 Å². The predicted molar refractivity (Wildman–Crippen MR) is 45.5 cm³/mol. The smallest absolute Gasteiger partial charge is 0.302 e. The zero-order chi connectivity index (χ0) is 9.68. The van der Waals surface area contributed by atoms with Crippen LogP contribution in [0.15, 0.2) is 6.07 Å². The van der Waals surface area contributed by atoms with Crippen molar-refractivity contribution in [1.29, 1.82) is 0 Å². The molecule has 0 atom stereocenters. The number of nitrogens with one attached hydrogen (secondary N) is 1. The molecule has 13 heavy (non-hydrogen) atoms. The monoisotopic (exact) mass is 184 g/mol. The zero-order valence-corrected chi connectivity index (χ0v) is 7.66. The van der Waals surface area contributed by atoms with Gasteiger partial charge in [0.05, 0.1) is 0 Å². The normalized spacial score (nSPS) is 9.69. The SMILES string of the molecule is CC(=O)OCCOc1cc(C)[nH]n1. The molecule has 0 aliphatic heterocycles. The Morgan fingerprint density at radius 2 is 2.38 bits per heavy atom. The third kappa shape index (κ3) is 3.59. The standard InChI is InChI=1S/C8H12N2O3/c1-6-5-8(10-9-6)13-4-3-12-7(2)11/h5H,3-4H2,1-2H3,(H,9,10). The van der Waals surface area contributed by atoms with Crippen molar-refractivity contribution in [3.63, 3.8) is 0 Å². The minimum Gasteiger partial charge on any atom is -0.473 e. The molecule has 0 unspecified atom stereocenters. The summed E-state index contributed by atoms with van der Waals surface area (Å²) in [5, 5.41) is 6.58. The molecule has 0 aliphatic carbocycles. The Bertz CT molecular complexity index is 283. The summed E-state index contributed by atoms with van der Waals surface area (Å²) >= 11 is 0. The second kappa shape index (κ2) is 4.49. The lowest BCUT2D eigenvalue weighted by Gasteiger charge is -2.01. The van der Waals surface area contributed by atoms with Crippen molar-refractivity contribution in [2.24, 2.45) is 0 Å². The first-order valence-corrected chi connectivity index (χ1v) is 3.96. The fourth-order valence-electron chi connectivity index (χ4n) is 0.799. The van der Waals surface area contributed by atoms with Crippen LogP contribution in [0.4, 0.5) is 0 Å². The van der Waals surface area contributed by atoms with E-state index < -0.39 is 0 Å². The van der Waals surface area contributed by atoms with E-state index in [0.29, 0.717) is 12.5 Å². The fraction of sp³-hybridized carbons (Fsp3) is 0.500. The molecule has 1 N–H and O–H groups in total. The molecule has 1 aromatic rings. The average molecular weight is 184 g/mol. The molecule has 0 aromatic carbocycles. The maximum Gasteiger partial charge on any atom is 0.302 e. The molecular formula is C8H12N2O3. The number of aryl methyl sites for hydroxylation is 1. The van der Waals surface area contributed by atoms with Gasteiger partial charge in [-0.2, -0.15) is 0 Å². The van der Waals surface area contributed by atoms with Crippen LogP contribution in [0.2, 0.25) is 0 Å². The molecule has 0 amide bonds. The van der Waals surface area contributed by atoms with E-state index in [2.05, 4.69) is 14.9 Å². The lowest BCUT2D eigenvalue weighted by molar-refractivity contribution is -0.141. The Morgan fingerprint density at radius 3 is 2.92 bits per heavy atom. The number of aromatic nitrogens is 2. The number of hydrogen-bond donors (Lipinski definition) is 1. The summed E-state index contributed by atoms with van der Waals surface area (Å²) in [4.78, 5) is 10.4. The molecule has 1 aromatic heterocycles. The lowest BCUT2D eigenvalue weighted by atomic mass is 10.5. The molecule has 1 heterocycles. The zero-order valence-electron chi connectivity index (χ0n) is 7.66. The van der Waals surface area contributed by atoms with Gasteiger partial charge in [-0.05, 0) is 6.92 Å². The Hall–Kier alpha value is -1.52. The quantitative estimate of drug-likeness (QED) is 0.551. The van der Waals surface area contributed by atoms with Crippen molar-refractivity contribution in [2.75, 3.05) is 13.2 Å². The molecule has 0 bridgehead atoms. The minimum absolute atomic E-state index is 0.251. The van der Waals surface area contributed by atoms with Crippen LogP contribution in [0, 0.1) is 6.92 Å². The predicted octanol–water partition coefficient (Wildman–Crippen LogP) is 0.660. The topological polar surface area (TPSA) is 64.2 Å². The summed E-state index contributed by atoms with van der Waals surface area (Å²) in [6, 6.07) is 1.77. The van der Waals surface area contributed by atoms with Crippen LogP contribution >= 0.6 is 0 Å². The third-order valence-corrected chi connectivity index (χ3v) is 1.32. The molecule has 0 radical (unpaired) electrons. The average Bonchev–Trinajstić information content (AvgIpc) is 2.45. The van der Waals surface area contributed by atoms with Crippen molar-refractivity contribution in [3.8, 4) is 5.88 Å². The van der Waals surface area contributed by atoms with E-state index in [9.17, 15) is 4.79 Å². The number of nitrogens with zero attached hydrogens (tertiary/aromatic N) is 1. The Kier molecular flexibility index (Phi) is 3.31. The van der Waals surface area contributed by atoms with Gasteiger partial charge in [0.25, 0.3) is 0 Å². The highest BCUT2D eigenvalue weighted by molar-refractivity contribution is 5.65. The van der Waals surface area contributed by atoms with Gasteiger partial charge < -0.3 is 9.47 Å². The van der Waals surface area contributed by atoms with E-state index in [0.717, 1.165) is 5.69 Å². The maximum absolute atomic E-state index is 10.4. The minimum atomic E-state index is -0.304. The van der Waals surface area contributed by atoms with Gasteiger partial charge in [-0.1, -0.05) is 0 Å². The van der Waals surface area contributed by atoms with Crippen LogP contribution in [0.3, 0.4) is 0 Å². The van der Waals surface area contributed by atoms with Gasteiger partial charge in [0.15, 0.2) is 0 Å². The Balaban J connectivity index is 2.16. The molecule has 5 nitrogen and oxygen atoms in total. The van der Waals surface area contributed by atoms with E-state index in [4.69, 9.17) is 4.74 Å². The summed E-state index contributed by atoms with van der Waals surface area (Å²) in [6.07, 6.45) is 0. The van der Waals surface area contributed by atoms with Crippen LogP contribution in [-0.2, 0) is 9.53 Å². The Labute approximate surface area is 76.0 Å². The van der Waals surface area contributed by atoms with E-state index in [-0.39, 0.29) is 12.6 Å². The van der Waals surface area contributed by atoms with Crippen molar-refractivity contribution < 1.29 is 14.3 Å². The maximum atomic E-state index is 10.4. The van der Waals surface area contributed by atoms with Gasteiger partial charge in [-0.3, -0.25) is 9.89 Å². The van der Waals surface area contributed by atoms with Crippen LogP contribution in [0.1, 0.15) is 12.6 Å². The number of carbonyl (C=O) groups is 1. The van der Waals surface area contributed by atoms with Crippen molar-refractivity contribution in [1.82, 2.24) is 10.2 Å². The van der Waals surface area contributed by atoms with Gasteiger partial charge in [0, 0.05) is 18.7 Å². The largest absolute Gasteiger partial charge is 0.473 e. The van der Waals surface area contributed by atoms with E-state index >= 15 is 0 Å². The molecule has 72 valence electrons. The summed E-state index contributed by atoms with van der Waals surface area (Å²) < 4.78 is 9.83. The van der Waals surface area contributed by atoms with Crippen LogP contribution in [0.5, 0.6) is 5.88 Å². The van der Waals surface area contributed by atoms with Crippen molar-refractivity contribution in [2.45, 2.75) is 13.8 Å². The Morgan fingerprint density at radius 1 is 1.62 bits per heavy atom. The highest BCUT2D eigenvalue weighted by atomic mass is 16.6. The fourth-order valence-corrected chi connectivity index (χ4v) is 0.799. The van der Waals surface area contributed by atoms with Gasteiger partial charge in [0.1, 0.15) is 13.2 Å². The first-order valence-electron chi connectivity index (χ1n) is 3.96. The van der Waals surface area contributed by atoms with Crippen LogP contribution in [0.25, 0.3) is 0 Å². The number of aromatic amines is 1. The molecule has 5 heteroatoms.